The van der Waals surface area contributed by atoms with Crippen LogP contribution in [0.3, 0.4) is 0 Å². The third-order valence-corrected chi connectivity index (χ3v) is 3.13. The third-order valence-electron chi connectivity index (χ3n) is 3.13. The van der Waals surface area contributed by atoms with Crippen molar-refractivity contribution in [3.63, 3.8) is 0 Å². The molecule has 6 nitrogen and oxygen atoms in total. The normalized spacial score (nSPS) is 10.5. The molecule has 0 radical (unpaired) electrons. The number of aromatic nitrogens is 4. The van der Waals surface area contributed by atoms with Gasteiger partial charge in [-0.15, -0.1) is 5.10 Å². The molecular formula is C15H16N6. The van der Waals surface area contributed by atoms with Crippen LogP contribution >= 0.6 is 0 Å². The Hall–Kier alpha value is -2.89. The number of H-pyrrole nitrogens is 1. The lowest BCUT2D eigenvalue weighted by atomic mass is 10.1. The van der Waals surface area contributed by atoms with Gasteiger partial charge >= 0.3 is 0 Å². The zero-order chi connectivity index (χ0) is 14.7. The molecule has 21 heavy (non-hydrogen) atoms. The van der Waals surface area contributed by atoms with Gasteiger partial charge in [0.15, 0.2) is 5.82 Å². The van der Waals surface area contributed by atoms with E-state index in [-0.39, 0.29) is 5.95 Å². The fraction of sp³-hybridized carbons (Fsp3) is 0.133. The Morgan fingerprint density at radius 3 is 2.71 bits per heavy atom. The van der Waals surface area contributed by atoms with Gasteiger partial charge in [-0.3, -0.25) is 5.10 Å². The van der Waals surface area contributed by atoms with Gasteiger partial charge in [-0.25, -0.2) is 4.98 Å². The highest BCUT2D eigenvalue weighted by molar-refractivity contribution is 5.60. The molecule has 0 atom stereocenters. The van der Waals surface area contributed by atoms with Gasteiger partial charge in [-0.1, -0.05) is 29.8 Å². The number of nitrogen functional groups attached to an aromatic ring is 1. The van der Waals surface area contributed by atoms with Crippen molar-refractivity contribution in [2.45, 2.75) is 13.5 Å². The molecular weight excluding hydrogens is 264 g/mol. The highest BCUT2D eigenvalue weighted by atomic mass is 15.3. The van der Waals surface area contributed by atoms with Crippen LogP contribution in [0.5, 0.6) is 0 Å². The van der Waals surface area contributed by atoms with E-state index >= 15 is 0 Å². The molecule has 106 valence electrons. The van der Waals surface area contributed by atoms with E-state index in [1.54, 1.807) is 6.20 Å². The van der Waals surface area contributed by atoms with Crippen molar-refractivity contribution in [3.8, 4) is 11.4 Å². The largest absolute Gasteiger partial charge is 0.366 e. The number of hydrogen-bond donors (Lipinski definition) is 3. The van der Waals surface area contributed by atoms with Crippen molar-refractivity contribution in [1.82, 2.24) is 20.2 Å². The summed E-state index contributed by atoms with van der Waals surface area (Å²) in [7, 11) is 0. The summed E-state index contributed by atoms with van der Waals surface area (Å²) in [5.41, 5.74) is 8.86. The minimum Gasteiger partial charge on any atom is -0.366 e. The van der Waals surface area contributed by atoms with E-state index in [0.29, 0.717) is 5.82 Å². The summed E-state index contributed by atoms with van der Waals surface area (Å²) in [5.74, 6) is 1.65. The number of nitrogens with zero attached hydrogens (tertiary/aromatic N) is 3. The number of aromatic amines is 1. The summed E-state index contributed by atoms with van der Waals surface area (Å²) in [6, 6.07) is 12.2. The van der Waals surface area contributed by atoms with Crippen LogP contribution in [0.4, 0.5) is 11.8 Å². The quantitative estimate of drug-likeness (QED) is 0.682. The van der Waals surface area contributed by atoms with Crippen molar-refractivity contribution in [2.24, 2.45) is 0 Å². The summed E-state index contributed by atoms with van der Waals surface area (Å²) in [5, 5.41) is 9.91. The molecule has 0 aliphatic carbocycles. The van der Waals surface area contributed by atoms with Crippen LogP contribution in [0.15, 0.2) is 42.6 Å². The Balaban J connectivity index is 1.73. The summed E-state index contributed by atoms with van der Waals surface area (Å²) in [6.45, 7) is 2.79. The van der Waals surface area contributed by atoms with Crippen LogP contribution in [-0.4, -0.2) is 20.2 Å². The van der Waals surface area contributed by atoms with Gasteiger partial charge in [0.1, 0.15) is 5.82 Å². The fourth-order valence-corrected chi connectivity index (χ4v) is 1.98. The fourth-order valence-electron chi connectivity index (χ4n) is 1.98. The Kier molecular flexibility index (Phi) is 3.51. The minimum absolute atomic E-state index is 0.232. The highest BCUT2D eigenvalue weighted by Crippen LogP contribution is 2.18. The predicted octanol–water partition coefficient (Wildman–Crippen LogP) is 2.37. The molecule has 0 saturated heterocycles. The lowest BCUT2D eigenvalue weighted by Gasteiger charge is -2.07. The van der Waals surface area contributed by atoms with Gasteiger partial charge in [-0.2, -0.15) is 4.98 Å². The Morgan fingerprint density at radius 2 is 2.00 bits per heavy atom. The average molecular weight is 280 g/mol. The zero-order valence-corrected chi connectivity index (χ0v) is 11.7. The smallest absolute Gasteiger partial charge is 0.239 e. The first-order valence-corrected chi connectivity index (χ1v) is 6.64. The molecule has 3 rings (SSSR count). The van der Waals surface area contributed by atoms with Gasteiger partial charge in [0.2, 0.25) is 5.95 Å². The molecule has 0 aliphatic heterocycles. The lowest BCUT2D eigenvalue weighted by Crippen LogP contribution is -2.01. The maximum absolute atomic E-state index is 5.52. The average Bonchev–Trinajstić information content (AvgIpc) is 2.94. The topological polar surface area (TPSA) is 92.5 Å². The molecule has 0 aliphatic rings. The van der Waals surface area contributed by atoms with E-state index in [4.69, 9.17) is 5.73 Å². The van der Waals surface area contributed by atoms with Crippen LogP contribution in [-0.2, 0) is 6.54 Å². The summed E-state index contributed by atoms with van der Waals surface area (Å²) in [4.78, 5) is 8.41. The highest BCUT2D eigenvalue weighted by Gasteiger charge is 2.04. The number of pyridine rings is 1. The monoisotopic (exact) mass is 280 g/mol. The molecule has 4 N–H and O–H groups in total. The van der Waals surface area contributed by atoms with E-state index in [2.05, 4.69) is 56.7 Å². The first kappa shape index (κ1) is 13.1. The number of nitrogens with two attached hydrogens (primary N) is 1. The molecule has 0 bridgehead atoms. The van der Waals surface area contributed by atoms with Gasteiger partial charge in [-0.05, 0) is 24.6 Å². The van der Waals surface area contributed by atoms with E-state index < -0.39 is 0 Å². The number of hydrogen-bond acceptors (Lipinski definition) is 5. The maximum Gasteiger partial charge on any atom is 0.239 e. The number of anilines is 2. The molecule has 0 fully saturated rings. The second-order valence-electron chi connectivity index (χ2n) is 4.81. The van der Waals surface area contributed by atoms with Gasteiger partial charge in [0.25, 0.3) is 0 Å². The minimum atomic E-state index is 0.232. The first-order valence-electron chi connectivity index (χ1n) is 6.64. The van der Waals surface area contributed by atoms with E-state index in [0.717, 1.165) is 17.9 Å². The molecule has 2 aromatic heterocycles. The summed E-state index contributed by atoms with van der Waals surface area (Å²) < 4.78 is 0. The zero-order valence-electron chi connectivity index (χ0n) is 11.7. The number of aryl methyl sites for hydroxylation is 1. The Bertz CT molecular complexity index is 732. The first-order chi connectivity index (χ1) is 10.2. The maximum atomic E-state index is 5.52. The predicted molar refractivity (Wildman–Crippen MR) is 82.5 cm³/mol. The molecule has 0 saturated carbocycles. The van der Waals surface area contributed by atoms with Crippen molar-refractivity contribution < 1.29 is 0 Å². The van der Waals surface area contributed by atoms with Crippen LogP contribution < -0.4 is 11.1 Å². The van der Waals surface area contributed by atoms with Crippen molar-refractivity contribution in [1.29, 1.82) is 0 Å². The number of rotatable bonds is 4. The van der Waals surface area contributed by atoms with Crippen LogP contribution in [0.1, 0.15) is 11.1 Å². The summed E-state index contributed by atoms with van der Waals surface area (Å²) in [6.07, 6.45) is 1.73. The number of benzene rings is 1. The van der Waals surface area contributed by atoms with E-state index in [1.807, 2.05) is 12.1 Å². The lowest BCUT2D eigenvalue weighted by molar-refractivity contribution is 1.09. The third kappa shape index (κ3) is 3.17. The van der Waals surface area contributed by atoms with Crippen molar-refractivity contribution in [2.75, 3.05) is 11.1 Å². The Labute approximate surface area is 122 Å². The van der Waals surface area contributed by atoms with Gasteiger partial charge in [0.05, 0.1) is 0 Å². The molecule has 0 spiro atoms. The molecule has 2 heterocycles. The molecule has 1 aromatic carbocycles. The van der Waals surface area contributed by atoms with Crippen LogP contribution in [0.2, 0.25) is 0 Å². The van der Waals surface area contributed by atoms with E-state index in [1.165, 1.54) is 11.1 Å². The Morgan fingerprint density at radius 1 is 1.19 bits per heavy atom. The van der Waals surface area contributed by atoms with Crippen molar-refractivity contribution >= 4 is 11.8 Å². The van der Waals surface area contributed by atoms with Crippen LogP contribution in [0.25, 0.3) is 11.4 Å². The molecule has 0 unspecified atom stereocenters. The second-order valence-corrected chi connectivity index (χ2v) is 4.81. The van der Waals surface area contributed by atoms with Gasteiger partial charge in [0, 0.05) is 18.3 Å². The van der Waals surface area contributed by atoms with Gasteiger partial charge < -0.3 is 11.1 Å². The number of nitrogens with one attached hydrogen (secondary N) is 2. The van der Waals surface area contributed by atoms with Crippen LogP contribution in [0, 0.1) is 6.92 Å². The molecule has 6 heteroatoms. The van der Waals surface area contributed by atoms with Crippen molar-refractivity contribution in [3.05, 3.63) is 53.7 Å². The SMILES string of the molecule is Cc1ccc(CNc2cc(-c3nc(N)n[nH]3)ccn2)cc1. The summed E-state index contributed by atoms with van der Waals surface area (Å²) >= 11 is 0. The second kappa shape index (κ2) is 5.62. The molecule has 0 amide bonds. The van der Waals surface area contributed by atoms with E-state index in [9.17, 15) is 0 Å². The molecule has 3 aromatic rings. The standard InChI is InChI=1S/C15H16N6/c1-10-2-4-11(5-3-10)9-18-13-8-12(6-7-17-13)14-19-15(16)21-20-14/h2-8H,9H2,1H3,(H,17,18)(H3,16,19,20,21).